The zero-order valence-corrected chi connectivity index (χ0v) is 11.5. The molecule has 3 N–H and O–H groups in total. The Kier molecular flexibility index (Phi) is 3.31. The third kappa shape index (κ3) is 2.59. The van der Waals surface area contributed by atoms with Crippen molar-refractivity contribution in [2.75, 3.05) is 6.54 Å². The third-order valence-corrected chi connectivity index (χ3v) is 3.87. The molecule has 5 heteroatoms. The van der Waals surface area contributed by atoms with Gasteiger partial charge in [-0.25, -0.2) is 0 Å². The van der Waals surface area contributed by atoms with Gasteiger partial charge in [0, 0.05) is 12.5 Å². The van der Waals surface area contributed by atoms with Crippen molar-refractivity contribution >= 4 is 0 Å². The highest BCUT2D eigenvalue weighted by molar-refractivity contribution is 5.34. The molecule has 2 aromatic rings. The van der Waals surface area contributed by atoms with Gasteiger partial charge in [-0.15, -0.1) is 0 Å². The van der Waals surface area contributed by atoms with Crippen LogP contribution >= 0.6 is 0 Å². The SMILES string of the molecule is CC(O)(CN)Cc1nc(C2Cc3ccccc3C2)no1. The summed E-state index contributed by atoms with van der Waals surface area (Å²) in [7, 11) is 0. The summed E-state index contributed by atoms with van der Waals surface area (Å²) in [6.45, 7) is 1.84. The van der Waals surface area contributed by atoms with Gasteiger partial charge in [0.1, 0.15) is 0 Å². The fraction of sp³-hybridized carbons (Fsp3) is 0.467. The van der Waals surface area contributed by atoms with Gasteiger partial charge in [0.25, 0.3) is 0 Å². The molecule has 0 radical (unpaired) electrons. The van der Waals surface area contributed by atoms with Crippen molar-refractivity contribution in [3.05, 3.63) is 47.1 Å². The van der Waals surface area contributed by atoms with Crippen molar-refractivity contribution in [1.29, 1.82) is 0 Å². The molecule has 0 amide bonds. The highest BCUT2D eigenvalue weighted by atomic mass is 16.5. The van der Waals surface area contributed by atoms with Crippen LogP contribution in [0.3, 0.4) is 0 Å². The minimum Gasteiger partial charge on any atom is -0.388 e. The summed E-state index contributed by atoms with van der Waals surface area (Å²) in [5, 5.41) is 14.0. The first-order valence-corrected chi connectivity index (χ1v) is 6.89. The smallest absolute Gasteiger partial charge is 0.229 e. The van der Waals surface area contributed by atoms with E-state index in [4.69, 9.17) is 10.3 Å². The van der Waals surface area contributed by atoms with Gasteiger partial charge in [0.15, 0.2) is 5.82 Å². The largest absolute Gasteiger partial charge is 0.388 e. The van der Waals surface area contributed by atoms with Gasteiger partial charge in [0.2, 0.25) is 5.89 Å². The zero-order valence-electron chi connectivity index (χ0n) is 11.5. The van der Waals surface area contributed by atoms with Gasteiger partial charge >= 0.3 is 0 Å². The third-order valence-electron chi connectivity index (χ3n) is 3.87. The van der Waals surface area contributed by atoms with Crippen LogP contribution in [0.4, 0.5) is 0 Å². The van der Waals surface area contributed by atoms with Crippen LogP contribution in [0.1, 0.15) is 35.7 Å². The number of nitrogens with two attached hydrogens (primary N) is 1. The predicted octanol–water partition coefficient (Wildman–Crippen LogP) is 1.20. The lowest BCUT2D eigenvalue weighted by molar-refractivity contribution is 0.0610. The van der Waals surface area contributed by atoms with Gasteiger partial charge in [0.05, 0.1) is 12.0 Å². The summed E-state index contributed by atoms with van der Waals surface area (Å²) in [6.07, 6.45) is 2.18. The Morgan fingerprint density at radius 1 is 1.35 bits per heavy atom. The first-order chi connectivity index (χ1) is 9.57. The Morgan fingerprint density at radius 2 is 2.00 bits per heavy atom. The van der Waals surface area contributed by atoms with Crippen molar-refractivity contribution in [1.82, 2.24) is 10.1 Å². The minimum atomic E-state index is -0.998. The van der Waals surface area contributed by atoms with Gasteiger partial charge in [-0.2, -0.15) is 4.98 Å². The van der Waals surface area contributed by atoms with Crippen LogP contribution in [-0.4, -0.2) is 27.4 Å². The van der Waals surface area contributed by atoms with Gasteiger partial charge < -0.3 is 15.4 Å². The van der Waals surface area contributed by atoms with Crippen LogP contribution in [0.15, 0.2) is 28.8 Å². The second kappa shape index (κ2) is 5.00. The molecule has 20 heavy (non-hydrogen) atoms. The lowest BCUT2D eigenvalue weighted by atomic mass is 10.0. The quantitative estimate of drug-likeness (QED) is 0.874. The molecule has 0 bridgehead atoms. The van der Waals surface area contributed by atoms with Gasteiger partial charge in [-0.1, -0.05) is 29.4 Å². The van der Waals surface area contributed by atoms with Crippen LogP contribution in [0, 0.1) is 0 Å². The number of fused-ring (bicyclic) bond motifs is 1. The average Bonchev–Trinajstić information content (AvgIpc) is 3.04. The molecule has 1 unspecified atom stereocenters. The minimum absolute atomic E-state index is 0.166. The van der Waals surface area contributed by atoms with Crippen LogP contribution in [0.2, 0.25) is 0 Å². The number of aromatic nitrogens is 2. The average molecular weight is 273 g/mol. The summed E-state index contributed by atoms with van der Waals surface area (Å²) in [6, 6.07) is 8.41. The molecular formula is C15H19N3O2. The summed E-state index contributed by atoms with van der Waals surface area (Å²) < 4.78 is 5.24. The van der Waals surface area contributed by atoms with E-state index < -0.39 is 5.60 Å². The van der Waals surface area contributed by atoms with E-state index in [0.717, 1.165) is 18.7 Å². The molecule has 0 fully saturated rings. The summed E-state index contributed by atoms with van der Waals surface area (Å²) in [5.74, 6) is 1.45. The first-order valence-electron chi connectivity index (χ1n) is 6.89. The van der Waals surface area contributed by atoms with Crippen molar-refractivity contribution in [3.63, 3.8) is 0 Å². The Labute approximate surface area is 117 Å². The topological polar surface area (TPSA) is 85.2 Å². The van der Waals surface area contributed by atoms with Crippen molar-refractivity contribution in [3.8, 4) is 0 Å². The molecule has 0 saturated heterocycles. The molecule has 5 nitrogen and oxygen atoms in total. The Balaban J connectivity index is 1.73. The zero-order chi connectivity index (χ0) is 14.2. The second-order valence-corrected chi connectivity index (χ2v) is 5.80. The molecule has 1 atom stereocenters. The van der Waals surface area contributed by atoms with Crippen LogP contribution < -0.4 is 5.73 Å². The van der Waals surface area contributed by atoms with E-state index in [-0.39, 0.29) is 18.9 Å². The number of hydrogen-bond donors (Lipinski definition) is 2. The maximum atomic E-state index is 9.94. The van der Waals surface area contributed by atoms with Crippen molar-refractivity contribution in [2.24, 2.45) is 5.73 Å². The summed E-state index contributed by atoms with van der Waals surface area (Å²) >= 11 is 0. The van der Waals surface area contributed by atoms with Crippen LogP contribution in [0.25, 0.3) is 0 Å². The maximum absolute atomic E-state index is 9.94. The lowest BCUT2D eigenvalue weighted by Gasteiger charge is -2.17. The highest BCUT2D eigenvalue weighted by Crippen LogP contribution is 2.32. The molecule has 106 valence electrons. The van der Waals surface area contributed by atoms with E-state index in [9.17, 15) is 5.11 Å². The van der Waals surface area contributed by atoms with Crippen LogP contribution in [-0.2, 0) is 19.3 Å². The summed E-state index contributed by atoms with van der Waals surface area (Å²) in [5.41, 5.74) is 7.22. The molecule has 1 aliphatic carbocycles. The summed E-state index contributed by atoms with van der Waals surface area (Å²) in [4.78, 5) is 4.42. The molecule has 1 aromatic heterocycles. The first kappa shape index (κ1) is 13.3. The normalized spacial score (nSPS) is 17.9. The molecular weight excluding hydrogens is 254 g/mol. The van der Waals surface area contributed by atoms with E-state index in [0.29, 0.717) is 5.89 Å². The monoisotopic (exact) mass is 273 g/mol. The van der Waals surface area contributed by atoms with E-state index in [2.05, 4.69) is 34.4 Å². The fourth-order valence-corrected chi connectivity index (χ4v) is 2.65. The molecule has 3 rings (SSSR count). The van der Waals surface area contributed by atoms with E-state index >= 15 is 0 Å². The number of aliphatic hydroxyl groups is 1. The fourth-order valence-electron chi connectivity index (χ4n) is 2.65. The second-order valence-electron chi connectivity index (χ2n) is 5.80. The van der Waals surface area contributed by atoms with E-state index in [1.165, 1.54) is 11.1 Å². The van der Waals surface area contributed by atoms with Gasteiger partial charge in [-0.05, 0) is 30.9 Å². The van der Waals surface area contributed by atoms with E-state index in [1.54, 1.807) is 6.92 Å². The molecule has 1 heterocycles. The Bertz CT molecular complexity index is 582. The Hall–Kier alpha value is -1.72. The number of hydrogen-bond acceptors (Lipinski definition) is 5. The van der Waals surface area contributed by atoms with Gasteiger partial charge in [-0.3, -0.25) is 0 Å². The molecule has 0 saturated carbocycles. The predicted molar refractivity (Wildman–Crippen MR) is 74.3 cm³/mol. The van der Waals surface area contributed by atoms with Crippen LogP contribution in [0.5, 0.6) is 0 Å². The Morgan fingerprint density at radius 3 is 2.60 bits per heavy atom. The number of nitrogens with zero attached hydrogens (tertiary/aromatic N) is 2. The maximum Gasteiger partial charge on any atom is 0.229 e. The molecule has 1 aromatic carbocycles. The van der Waals surface area contributed by atoms with Crippen molar-refractivity contribution < 1.29 is 9.63 Å². The highest BCUT2D eigenvalue weighted by Gasteiger charge is 2.28. The number of benzene rings is 1. The molecule has 1 aliphatic rings. The molecule has 0 aliphatic heterocycles. The molecule has 0 spiro atoms. The number of rotatable bonds is 4. The van der Waals surface area contributed by atoms with Crippen molar-refractivity contribution in [2.45, 2.75) is 37.7 Å². The standard InChI is InChI=1S/C15H19N3O2/c1-15(19,9-16)8-13-17-14(18-20-13)12-6-10-4-2-3-5-11(10)7-12/h2-5,12,19H,6-9,16H2,1H3. The van der Waals surface area contributed by atoms with E-state index in [1.807, 2.05) is 0 Å². The lowest BCUT2D eigenvalue weighted by Crippen LogP contribution is -2.36.